The molecular formula is C30H46O3. The molecule has 0 amide bonds. The fourth-order valence-corrected chi connectivity index (χ4v) is 8.99. The minimum absolute atomic E-state index is 0.0957. The third-order valence-corrected chi connectivity index (χ3v) is 11.5. The van der Waals surface area contributed by atoms with Crippen LogP contribution in [0.1, 0.15) is 93.4 Å². The maximum Gasteiger partial charge on any atom is 0.330 e. The van der Waals surface area contributed by atoms with Crippen molar-refractivity contribution < 1.29 is 15.0 Å². The summed E-state index contributed by atoms with van der Waals surface area (Å²) in [6.07, 6.45) is 16.7. The van der Waals surface area contributed by atoms with Crippen molar-refractivity contribution in [2.24, 2.45) is 45.3 Å². The van der Waals surface area contributed by atoms with Crippen LogP contribution < -0.4 is 0 Å². The third kappa shape index (κ3) is 3.51. The summed E-state index contributed by atoms with van der Waals surface area (Å²) in [5, 5.41) is 19.9. The van der Waals surface area contributed by atoms with Crippen LogP contribution in [0, 0.1) is 45.3 Å². The van der Waals surface area contributed by atoms with Crippen molar-refractivity contribution in [2.75, 3.05) is 0 Å². The molecule has 0 unspecified atom stereocenters. The number of carbonyl (C=O) groups is 1. The molecule has 0 aromatic heterocycles. The van der Waals surface area contributed by atoms with Crippen LogP contribution in [0.25, 0.3) is 0 Å². The van der Waals surface area contributed by atoms with Gasteiger partial charge in [0.2, 0.25) is 0 Å². The van der Waals surface area contributed by atoms with Gasteiger partial charge in [-0.15, -0.1) is 0 Å². The van der Waals surface area contributed by atoms with Crippen LogP contribution in [0.3, 0.4) is 0 Å². The summed E-state index contributed by atoms with van der Waals surface area (Å²) >= 11 is 0. The van der Waals surface area contributed by atoms with E-state index < -0.39 is 5.97 Å². The number of hydrogen-bond acceptors (Lipinski definition) is 2. The lowest BCUT2D eigenvalue weighted by Gasteiger charge is -2.62. The van der Waals surface area contributed by atoms with Gasteiger partial charge in [-0.25, -0.2) is 4.79 Å². The van der Waals surface area contributed by atoms with Gasteiger partial charge in [-0.1, -0.05) is 71.4 Å². The summed E-state index contributed by atoms with van der Waals surface area (Å²) in [7, 11) is 0. The largest absolute Gasteiger partial charge is 0.478 e. The number of aliphatic carboxylic acids is 1. The van der Waals surface area contributed by atoms with E-state index in [1.54, 1.807) is 12.5 Å². The van der Waals surface area contributed by atoms with Gasteiger partial charge in [-0.05, 0) is 97.2 Å². The first-order valence-electron chi connectivity index (χ1n) is 13.3. The van der Waals surface area contributed by atoms with E-state index in [9.17, 15) is 9.90 Å². The molecule has 184 valence electrons. The van der Waals surface area contributed by atoms with E-state index in [1.807, 2.05) is 6.08 Å². The molecule has 33 heavy (non-hydrogen) atoms. The smallest absolute Gasteiger partial charge is 0.330 e. The number of hydrogen-bond donors (Lipinski definition) is 2. The summed E-state index contributed by atoms with van der Waals surface area (Å²) < 4.78 is 0. The van der Waals surface area contributed by atoms with Gasteiger partial charge in [0.1, 0.15) is 0 Å². The Balaban J connectivity index is 1.59. The van der Waals surface area contributed by atoms with Crippen LogP contribution in [0.4, 0.5) is 0 Å². The summed E-state index contributed by atoms with van der Waals surface area (Å²) in [5.41, 5.74) is 2.75. The zero-order valence-electron chi connectivity index (χ0n) is 21.9. The second kappa shape index (κ2) is 8.11. The highest BCUT2D eigenvalue weighted by atomic mass is 16.4. The van der Waals surface area contributed by atoms with Crippen LogP contribution in [-0.2, 0) is 4.79 Å². The lowest BCUT2D eigenvalue weighted by Crippen LogP contribution is -2.56. The van der Waals surface area contributed by atoms with E-state index in [4.69, 9.17) is 5.11 Å². The summed E-state index contributed by atoms with van der Waals surface area (Å²) in [6, 6.07) is 0. The average molecular weight is 455 g/mol. The van der Waals surface area contributed by atoms with Crippen molar-refractivity contribution in [1.82, 2.24) is 0 Å². The zero-order valence-corrected chi connectivity index (χ0v) is 21.9. The van der Waals surface area contributed by atoms with Crippen molar-refractivity contribution in [3.8, 4) is 0 Å². The monoisotopic (exact) mass is 454 g/mol. The first-order chi connectivity index (χ1) is 15.3. The van der Waals surface area contributed by atoms with E-state index in [2.05, 4.69) is 59.8 Å². The van der Waals surface area contributed by atoms with Crippen LogP contribution >= 0.6 is 0 Å². The molecule has 2 fully saturated rings. The Kier molecular flexibility index (Phi) is 6.08. The van der Waals surface area contributed by atoms with Crippen LogP contribution in [0.5, 0.6) is 0 Å². The van der Waals surface area contributed by atoms with Crippen molar-refractivity contribution in [3.05, 3.63) is 35.5 Å². The maximum absolute atomic E-state index is 11.1. The molecule has 8 atom stereocenters. The molecule has 0 spiro atoms. The van der Waals surface area contributed by atoms with E-state index in [0.717, 1.165) is 19.3 Å². The first-order valence-corrected chi connectivity index (χ1v) is 13.3. The van der Waals surface area contributed by atoms with Crippen molar-refractivity contribution in [3.63, 3.8) is 0 Å². The van der Waals surface area contributed by atoms with E-state index >= 15 is 0 Å². The lowest BCUT2D eigenvalue weighted by molar-refractivity contribution is -0.132. The topological polar surface area (TPSA) is 57.5 Å². The molecule has 4 rings (SSSR count). The Labute approximate surface area is 201 Å². The quantitative estimate of drug-likeness (QED) is 0.342. The Morgan fingerprint density at radius 1 is 1.18 bits per heavy atom. The van der Waals surface area contributed by atoms with E-state index in [-0.39, 0.29) is 22.3 Å². The molecule has 0 bridgehead atoms. The average Bonchev–Trinajstić information content (AvgIpc) is 3.02. The van der Waals surface area contributed by atoms with Crippen LogP contribution in [-0.4, -0.2) is 22.3 Å². The highest BCUT2D eigenvalue weighted by Gasteiger charge is 2.64. The summed E-state index contributed by atoms with van der Waals surface area (Å²) in [4.78, 5) is 11.1. The van der Waals surface area contributed by atoms with Crippen LogP contribution in [0.2, 0.25) is 0 Å². The first kappa shape index (κ1) is 24.8. The molecule has 0 radical (unpaired) electrons. The normalized spacial score (nSPS) is 45.0. The van der Waals surface area contributed by atoms with Gasteiger partial charge in [0.15, 0.2) is 0 Å². The van der Waals surface area contributed by atoms with Crippen molar-refractivity contribution in [1.29, 1.82) is 0 Å². The Morgan fingerprint density at radius 3 is 2.55 bits per heavy atom. The zero-order chi connectivity index (χ0) is 24.4. The SMILES string of the molecule is C/C(=C\CC[C@@H](C)[C@H]1CC[C@@]2(C)C3=CC[C@H]4C(C)(C)[C@@H](O)C=C[C@]4(C)[C@H]3CC[C@]12C)C(=O)O. The second-order valence-electron chi connectivity index (χ2n) is 13.2. The second-order valence-corrected chi connectivity index (χ2v) is 13.2. The molecule has 0 aromatic carbocycles. The van der Waals surface area contributed by atoms with Gasteiger partial charge in [0.05, 0.1) is 6.10 Å². The number of carboxylic acids is 1. The fourth-order valence-electron chi connectivity index (χ4n) is 8.99. The minimum atomic E-state index is -0.801. The van der Waals surface area contributed by atoms with Gasteiger partial charge in [-0.3, -0.25) is 0 Å². The Bertz CT molecular complexity index is 894. The molecule has 0 saturated heterocycles. The van der Waals surface area contributed by atoms with E-state index in [1.165, 1.54) is 25.7 Å². The number of rotatable bonds is 5. The molecule has 4 aliphatic carbocycles. The molecule has 0 aliphatic heterocycles. The molecule has 0 aromatic rings. The molecule has 2 N–H and O–H groups in total. The van der Waals surface area contributed by atoms with Gasteiger partial charge >= 0.3 is 5.97 Å². The number of carboxylic acid groups (broad SMARTS) is 1. The Hall–Kier alpha value is -1.35. The van der Waals surface area contributed by atoms with Gasteiger partial charge in [0.25, 0.3) is 0 Å². The lowest BCUT2D eigenvalue weighted by atomic mass is 9.42. The highest BCUT2D eigenvalue weighted by molar-refractivity contribution is 5.85. The number of fused-ring (bicyclic) bond motifs is 5. The van der Waals surface area contributed by atoms with Crippen molar-refractivity contribution >= 4 is 5.97 Å². The fraction of sp³-hybridized carbons (Fsp3) is 0.767. The molecule has 0 heterocycles. The highest BCUT2D eigenvalue weighted by Crippen LogP contribution is 2.72. The molecule has 2 saturated carbocycles. The van der Waals surface area contributed by atoms with Crippen LogP contribution in [0.15, 0.2) is 35.5 Å². The molecular weight excluding hydrogens is 408 g/mol. The molecule has 4 aliphatic rings. The number of aliphatic hydroxyl groups is 1. The van der Waals surface area contributed by atoms with Gasteiger partial charge < -0.3 is 10.2 Å². The van der Waals surface area contributed by atoms with Crippen molar-refractivity contribution in [2.45, 2.75) is 99.5 Å². The molecule has 3 nitrogen and oxygen atoms in total. The molecule has 3 heteroatoms. The maximum atomic E-state index is 11.1. The number of aliphatic hydroxyl groups excluding tert-OH is 1. The predicted molar refractivity (Wildman–Crippen MR) is 135 cm³/mol. The predicted octanol–water partition coefficient (Wildman–Crippen LogP) is 7.18. The minimum Gasteiger partial charge on any atom is -0.478 e. The summed E-state index contributed by atoms with van der Waals surface area (Å²) in [6.45, 7) is 16.2. The van der Waals surface area contributed by atoms with Gasteiger partial charge in [-0.2, -0.15) is 0 Å². The summed E-state index contributed by atoms with van der Waals surface area (Å²) in [5.74, 6) is 1.54. The van der Waals surface area contributed by atoms with Gasteiger partial charge in [0, 0.05) is 5.57 Å². The standard InChI is InChI=1S/C30H46O3/c1-19(9-8-10-20(2)26(32)33)21-13-17-30(7)23-11-12-24-27(3,4)25(31)15-16-28(24,5)22(23)14-18-29(21,30)6/h10-11,15-16,19,21-22,24-25,31H,8-9,12-14,17-18H2,1-7H3,(H,32,33)/b20-10+/t19-,21-,22+,24+,25+,28-,29-,30+/m1/s1. The Morgan fingerprint density at radius 2 is 1.88 bits per heavy atom. The van der Waals surface area contributed by atoms with E-state index in [0.29, 0.717) is 34.7 Å². The number of allylic oxidation sites excluding steroid dienone is 4. The third-order valence-electron chi connectivity index (χ3n) is 11.5.